The SMILES string of the molecule is C=CCc1ccccc1OCCCCl. The molecule has 0 aliphatic rings. The van der Waals surface area contributed by atoms with Crippen LogP contribution in [0.25, 0.3) is 0 Å². The largest absolute Gasteiger partial charge is 0.493 e. The average Bonchev–Trinajstić information content (AvgIpc) is 2.21. The van der Waals surface area contributed by atoms with Gasteiger partial charge in [0.15, 0.2) is 0 Å². The quantitative estimate of drug-likeness (QED) is 0.397. The van der Waals surface area contributed by atoms with Crippen LogP contribution in [0.1, 0.15) is 12.0 Å². The Morgan fingerprint density at radius 1 is 1.36 bits per heavy atom. The highest BCUT2D eigenvalue weighted by atomic mass is 35.5. The minimum Gasteiger partial charge on any atom is -0.493 e. The van der Waals surface area contributed by atoms with Crippen molar-refractivity contribution in [2.75, 3.05) is 12.5 Å². The van der Waals surface area contributed by atoms with Crippen molar-refractivity contribution < 1.29 is 4.74 Å². The summed E-state index contributed by atoms with van der Waals surface area (Å²) in [5.41, 5.74) is 1.18. The molecule has 14 heavy (non-hydrogen) atoms. The highest BCUT2D eigenvalue weighted by Crippen LogP contribution is 2.18. The molecule has 0 radical (unpaired) electrons. The van der Waals surface area contributed by atoms with Crippen molar-refractivity contribution in [2.45, 2.75) is 12.8 Å². The van der Waals surface area contributed by atoms with Gasteiger partial charge in [0, 0.05) is 5.88 Å². The van der Waals surface area contributed by atoms with E-state index in [2.05, 4.69) is 12.6 Å². The second-order valence-corrected chi connectivity index (χ2v) is 3.37. The van der Waals surface area contributed by atoms with E-state index in [1.54, 1.807) is 0 Å². The van der Waals surface area contributed by atoms with E-state index in [-0.39, 0.29) is 0 Å². The smallest absolute Gasteiger partial charge is 0.122 e. The van der Waals surface area contributed by atoms with E-state index in [4.69, 9.17) is 16.3 Å². The van der Waals surface area contributed by atoms with Gasteiger partial charge in [-0.25, -0.2) is 0 Å². The molecule has 0 aromatic heterocycles. The van der Waals surface area contributed by atoms with E-state index < -0.39 is 0 Å². The molecule has 2 heteroatoms. The molecule has 0 amide bonds. The van der Waals surface area contributed by atoms with Gasteiger partial charge >= 0.3 is 0 Å². The number of alkyl halides is 1. The maximum atomic E-state index is 5.60. The van der Waals surface area contributed by atoms with Crippen LogP contribution in [0, 0.1) is 0 Å². The van der Waals surface area contributed by atoms with Crippen molar-refractivity contribution in [3.8, 4) is 5.75 Å². The zero-order valence-corrected chi connectivity index (χ0v) is 8.96. The number of ether oxygens (including phenoxy) is 1. The molecule has 1 nitrogen and oxygen atoms in total. The van der Waals surface area contributed by atoms with Crippen LogP contribution in [0.2, 0.25) is 0 Å². The Kier molecular flexibility index (Phi) is 5.16. The highest BCUT2D eigenvalue weighted by Gasteiger charge is 1.99. The molecule has 0 bridgehead atoms. The summed E-state index contributed by atoms with van der Waals surface area (Å²) in [6.45, 7) is 4.40. The minimum absolute atomic E-state index is 0.642. The number of benzene rings is 1. The van der Waals surface area contributed by atoms with E-state index in [9.17, 15) is 0 Å². The maximum Gasteiger partial charge on any atom is 0.122 e. The van der Waals surface area contributed by atoms with Crippen molar-refractivity contribution in [1.82, 2.24) is 0 Å². The molecule has 0 unspecified atom stereocenters. The van der Waals surface area contributed by atoms with Crippen LogP contribution in [0.4, 0.5) is 0 Å². The molecule has 0 saturated carbocycles. The molecule has 76 valence electrons. The molecule has 1 aromatic rings. The second kappa shape index (κ2) is 6.50. The van der Waals surface area contributed by atoms with E-state index in [0.717, 1.165) is 18.6 Å². The molecule has 0 aliphatic heterocycles. The lowest BCUT2D eigenvalue weighted by molar-refractivity contribution is 0.315. The van der Waals surface area contributed by atoms with Gasteiger partial charge in [-0.3, -0.25) is 0 Å². The molecule has 0 spiro atoms. The van der Waals surface area contributed by atoms with Crippen LogP contribution in [0.3, 0.4) is 0 Å². The number of hydrogen-bond acceptors (Lipinski definition) is 1. The molecule has 1 rings (SSSR count). The van der Waals surface area contributed by atoms with Crippen LogP contribution in [0.5, 0.6) is 5.75 Å². The predicted octanol–water partition coefficient (Wildman–Crippen LogP) is 3.42. The Bertz CT molecular complexity index is 283. The molecule has 0 fully saturated rings. The topological polar surface area (TPSA) is 9.23 Å². The monoisotopic (exact) mass is 210 g/mol. The third kappa shape index (κ3) is 3.43. The van der Waals surface area contributed by atoms with Crippen molar-refractivity contribution in [3.63, 3.8) is 0 Å². The first-order valence-corrected chi connectivity index (χ1v) is 5.29. The van der Waals surface area contributed by atoms with Crippen molar-refractivity contribution >= 4 is 11.6 Å². The molecule has 0 N–H and O–H groups in total. The lowest BCUT2D eigenvalue weighted by atomic mass is 10.1. The van der Waals surface area contributed by atoms with Crippen molar-refractivity contribution in [3.05, 3.63) is 42.5 Å². The van der Waals surface area contributed by atoms with Crippen LogP contribution in [0.15, 0.2) is 36.9 Å². The zero-order chi connectivity index (χ0) is 10.2. The minimum atomic E-state index is 0.642. The summed E-state index contributed by atoms with van der Waals surface area (Å²) in [5.74, 6) is 1.58. The fourth-order valence-corrected chi connectivity index (χ4v) is 1.31. The van der Waals surface area contributed by atoms with Crippen LogP contribution in [-0.2, 0) is 6.42 Å². The van der Waals surface area contributed by atoms with Gasteiger partial charge in [-0.15, -0.1) is 18.2 Å². The molecular formula is C12H15ClO. The Labute approximate surface area is 90.3 Å². The van der Waals surface area contributed by atoms with Crippen LogP contribution in [-0.4, -0.2) is 12.5 Å². The first-order chi connectivity index (χ1) is 6.88. The predicted molar refractivity (Wildman–Crippen MR) is 61.2 cm³/mol. The number of allylic oxidation sites excluding steroid dienone is 1. The number of para-hydroxylation sites is 1. The molecule has 1 aromatic carbocycles. The highest BCUT2D eigenvalue weighted by molar-refractivity contribution is 6.17. The Hall–Kier alpha value is -0.950. The molecule has 0 aliphatic carbocycles. The molecule has 0 saturated heterocycles. The fourth-order valence-electron chi connectivity index (χ4n) is 1.21. The summed E-state index contributed by atoms with van der Waals surface area (Å²) in [6, 6.07) is 8.01. The van der Waals surface area contributed by atoms with E-state index in [1.165, 1.54) is 5.56 Å². The average molecular weight is 211 g/mol. The molecular weight excluding hydrogens is 196 g/mol. The summed E-state index contributed by atoms with van der Waals surface area (Å²) < 4.78 is 5.60. The number of rotatable bonds is 6. The Morgan fingerprint density at radius 3 is 2.86 bits per heavy atom. The molecule has 0 heterocycles. The lowest BCUT2D eigenvalue weighted by Gasteiger charge is -2.09. The summed E-state index contributed by atoms with van der Waals surface area (Å²) in [5, 5.41) is 0. The van der Waals surface area contributed by atoms with Crippen LogP contribution >= 0.6 is 11.6 Å². The summed E-state index contributed by atoms with van der Waals surface area (Å²) >= 11 is 5.57. The lowest BCUT2D eigenvalue weighted by Crippen LogP contribution is -2.00. The van der Waals surface area contributed by atoms with Gasteiger partial charge in [-0.05, 0) is 24.5 Å². The van der Waals surface area contributed by atoms with Gasteiger partial charge in [-0.1, -0.05) is 24.3 Å². The standard InChI is InChI=1S/C12H15ClO/c1-2-6-11-7-3-4-8-12(11)14-10-5-9-13/h2-4,7-8H,1,5-6,9-10H2. The third-order valence-electron chi connectivity index (χ3n) is 1.87. The van der Waals surface area contributed by atoms with Gasteiger partial charge in [0.1, 0.15) is 5.75 Å². The van der Waals surface area contributed by atoms with Gasteiger partial charge < -0.3 is 4.74 Å². The summed E-state index contributed by atoms with van der Waals surface area (Å²) in [7, 11) is 0. The summed E-state index contributed by atoms with van der Waals surface area (Å²) in [6.07, 6.45) is 3.60. The maximum absolute atomic E-state index is 5.60. The van der Waals surface area contributed by atoms with Crippen molar-refractivity contribution in [2.24, 2.45) is 0 Å². The van der Waals surface area contributed by atoms with Gasteiger partial charge in [-0.2, -0.15) is 0 Å². The van der Waals surface area contributed by atoms with E-state index in [0.29, 0.717) is 12.5 Å². The van der Waals surface area contributed by atoms with Crippen molar-refractivity contribution in [1.29, 1.82) is 0 Å². The zero-order valence-electron chi connectivity index (χ0n) is 8.21. The van der Waals surface area contributed by atoms with Gasteiger partial charge in [0.25, 0.3) is 0 Å². The number of halogens is 1. The Balaban J connectivity index is 2.59. The van der Waals surface area contributed by atoms with E-state index in [1.807, 2.05) is 24.3 Å². The normalized spacial score (nSPS) is 9.79. The van der Waals surface area contributed by atoms with Gasteiger partial charge in [0.2, 0.25) is 0 Å². The second-order valence-electron chi connectivity index (χ2n) is 2.99. The Morgan fingerprint density at radius 2 is 2.14 bits per heavy atom. The van der Waals surface area contributed by atoms with E-state index >= 15 is 0 Å². The molecule has 0 atom stereocenters. The van der Waals surface area contributed by atoms with Crippen LogP contribution < -0.4 is 4.74 Å². The fraction of sp³-hybridized carbons (Fsp3) is 0.333. The third-order valence-corrected chi connectivity index (χ3v) is 2.14. The number of hydrogen-bond donors (Lipinski definition) is 0. The summed E-state index contributed by atoms with van der Waals surface area (Å²) in [4.78, 5) is 0. The first-order valence-electron chi connectivity index (χ1n) is 4.76. The van der Waals surface area contributed by atoms with Gasteiger partial charge in [0.05, 0.1) is 6.61 Å². The first kappa shape index (κ1) is 11.1.